The van der Waals surface area contributed by atoms with Crippen molar-refractivity contribution in [1.29, 1.82) is 0 Å². The largest absolute Gasteiger partial charge is 0.497 e. The fourth-order valence-electron chi connectivity index (χ4n) is 1.83. The zero-order valence-electron chi connectivity index (χ0n) is 11.4. The Kier molecular flexibility index (Phi) is 4.79. The van der Waals surface area contributed by atoms with Gasteiger partial charge in [0.2, 0.25) is 5.91 Å². The van der Waals surface area contributed by atoms with Crippen LogP contribution in [0.3, 0.4) is 0 Å². The van der Waals surface area contributed by atoms with E-state index in [9.17, 15) is 4.79 Å². The molecule has 0 spiro atoms. The van der Waals surface area contributed by atoms with Crippen molar-refractivity contribution >= 4 is 21.8 Å². The van der Waals surface area contributed by atoms with Gasteiger partial charge in [0.05, 0.1) is 19.2 Å². The molecule has 1 aromatic heterocycles. The number of nitrogens with zero attached hydrogens (tertiary/aromatic N) is 2. The highest BCUT2D eigenvalue weighted by atomic mass is 79.9. The first-order valence-electron chi connectivity index (χ1n) is 6.15. The van der Waals surface area contributed by atoms with Crippen LogP contribution in [0.2, 0.25) is 0 Å². The molecule has 20 heavy (non-hydrogen) atoms. The molecule has 0 saturated heterocycles. The van der Waals surface area contributed by atoms with Crippen molar-refractivity contribution in [2.75, 3.05) is 7.11 Å². The van der Waals surface area contributed by atoms with Crippen LogP contribution in [-0.2, 0) is 24.8 Å². The quantitative estimate of drug-likeness (QED) is 0.908. The maximum absolute atomic E-state index is 11.8. The summed E-state index contributed by atoms with van der Waals surface area (Å²) in [5, 5.41) is 7.05. The maximum Gasteiger partial charge on any atom is 0.226 e. The summed E-state index contributed by atoms with van der Waals surface area (Å²) in [7, 11) is 3.44. The molecule has 1 amide bonds. The molecule has 1 N–H and O–H groups in total. The molecule has 0 unspecified atom stereocenters. The molecule has 106 valence electrons. The average molecular weight is 338 g/mol. The van der Waals surface area contributed by atoms with Gasteiger partial charge in [-0.05, 0) is 29.8 Å². The molecule has 0 saturated carbocycles. The van der Waals surface area contributed by atoms with Gasteiger partial charge >= 0.3 is 0 Å². The number of nitrogens with one attached hydrogen (secondary N) is 1. The van der Waals surface area contributed by atoms with Crippen LogP contribution in [0.1, 0.15) is 11.3 Å². The van der Waals surface area contributed by atoms with E-state index < -0.39 is 0 Å². The number of aryl methyl sites for hydroxylation is 1. The summed E-state index contributed by atoms with van der Waals surface area (Å²) in [6.45, 7) is 0.460. The van der Waals surface area contributed by atoms with Crippen LogP contribution in [0.15, 0.2) is 34.9 Å². The molecule has 0 atom stereocenters. The second kappa shape index (κ2) is 6.56. The van der Waals surface area contributed by atoms with E-state index >= 15 is 0 Å². The van der Waals surface area contributed by atoms with Gasteiger partial charge in [0.1, 0.15) is 5.75 Å². The van der Waals surface area contributed by atoms with Crippen molar-refractivity contribution in [3.05, 3.63) is 46.2 Å². The normalized spacial score (nSPS) is 10.3. The van der Waals surface area contributed by atoms with E-state index in [0.717, 1.165) is 21.5 Å². The fraction of sp³-hybridized carbons (Fsp3) is 0.286. The minimum atomic E-state index is -0.0531. The number of benzene rings is 1. The highest BCUT2D eigenvalue weighted by Gasteiger charge is 2.06. The molecule has 0 aliphatic rings. The molecule has 6 heteroatoms. The molecule has 0 aliphatic heterocycles. The van der Waals surface area contributed by atoms with Gasteiger partial charge in [-0.3, -0.25) is 9.48 Å². The first kappa shape index (κ1) is 14.6. The fourth-order valence-corrected chi connectivity index (χ4v) is 2.35. The van der Waals surface area contributed by atoms with E-state index in [2.05, 4.69) is 26.3 Å². The Bertz CT molecular complexity index is 610. The summed E-state index contributed by atoms with van der Waals surface area (Å²) in [6, 6.07) is 7.55. The molecule has 0 aliphatic carbocycles. The van der Waals surface area contributed by atoms with Gasteiger partial charge in [0, 0.05) is 24.3 Å². The molecule has 0 radical (unpaired) electrons. The summed E-state index contributed by atoms with van der Waals surface area (Å²) >= 11 is 3.41. The number of carbonyl (C=O) groups is 1. The summed E-state index contributed by atoms with van der Waals surface area (Å²) in [6.07, 6.45) is 2.10. The van der Waals surface area contributed by atoms with Crippen molar-refractivity contribution in [3.8, 4) is 5.75 Å². The third kappa shape index (κ3) is 4.09. The zero-order valence-corrected chi connectivity index (χ0v) is 13.0. The maximum atomic E-state index is 11.8. The minimum Gasteiger partial charge on any atom is -0.497 e. The molecule has 0 bridgehead atoms. The van der Waals surface area contributed by atoms with E-state index in [1.165, 1.54) is 0 Å². The Hall–Kier alpha value is -1.82. The van der Waals surface area contributed by atoms with E-state index in [-0.39, 0.29) is 12.3 Å². The van der Waals surface area contributed by atoms with Crippen LogP contribution < -0.4 is 10.1 Å². The van der Waals surface area contributed by atoms with E-state index in [1.54, 1.807) is 11.8 Å². The zero-order chi connectivity index (χ0) is 14.5. The summed E-state index contributed by atoms with van der Waals surface area (Å²) in [5.41, 5.74) is 1.74. The highest BCUT2D eigenvalue weighted by molar-refractivity contribution is 9.10. The van der Waals surface area contributed by atoms with Crippen molar-refractivity contribution in [1.82, 2.24) is 15.1 Å². The van der Waals surface area contributed by atoms with Gasteiger partial charge in [-0.25, -0.2) is 0 Å². The monoisotopic (exact) mass is 337 g/mol. The molecule has 2 aromatic rings. The molecule has 1 aromatic carbocycles. The van der Waals surface area contributed by atoms with Crippen molar-refractivity contribution in [2.45, 2.75) is 13.0 Å². The first-order valence-corrected chi connectivity index (χ1v) is 6.95. The average Bonchev–Trinajstić information content (AvgIpc) is 2.81. The Labute approximate surface area is 126 Å². The topological polar surface area (TPSA) is 56.1 Å². The lowest BCUT2D eigenvalue weighted by molar-refractivity contribution is -0.120. The third-order valence-electron chi connectivity index (χ3n) is 2.77. The number of carbonyl (C=O) groups excluding carboxylic acids is 1. The highest BCUT2D eigenvalue weighted by Crippen LogP contribution is 2.21. The molecule has 0 fully saturated rings. The number of hydrogen-bond donors (Lipinski definition) is 1. The smallest absolute Gasteiger partial charge is 0.226 e. The van der Waals surface area contributed by atoms with Gasteiger partial charge in [-0.2, -0.15) is 5.10 Å². The van der Waals surface area contributed by atoms with Crippen LogP contribution in [0.25, 0.3) is 0 Å². The van der Waals surface area contributed by atoms with Crippen LogP contribution in [-0.4, -0.2) is 22.8 Å². The van der Waals surface area contributed by atoms with Crippen molar-refractivity contribution < 1.29 is 9.53 Å². The molecular formula is C14H16BrN3O2. The predicted octanol–water partition coefficient (Wildman–Crippen LogP) is 2.05. The van der Waals surface area contributed by atoms with Gasteiger partial charge in [0.25, 0.3) is 0 Å². The number of halogens is 1. The Morgan fingerprint density at radius 1 is 1.45 bits per heavy atom. The Balaban J connectivity index is 1.91. The molecular weight excluding hydrogens is 322 g/mol. The number of rotatable bonds is 5. The minimum absolute atomic E-state index is 0.0531. The molecule has 5 nitrogen and oxygen atoms in total. The summed E-state index contributed by atoms with van der Waals surface area (Å²) < 4.78 is 7.79. The van der Waals surface area contributed by atoms with Crippen LogP contribution in [0.4, 0.5) is 0 Å². The summed E-state index contributed by atoms with van der Waals surface area (Å²) in [5.74, 6) is 0.705. The summed E-state index contributed by atoms with van der Waals surface area (Å²) in [4.78, 5) is 11.8. The molecule has 2 rings (SSSR count). The van der Waals surface area contributed by atoms with Gasteiger partial charge < -0.3 is 10.1 Å². The lowest BCUT2D eigenvalue weighted by Gasteiger charge is -2.07. The van der Waals surface area contributed by atoms with E-state index in [4.69, 9.17) is 4.74 Å². The van der Waals surface area contributed by atoms with Crippen molar-refractivity contribution in [2.24, 2.45) is 7.05 Å². The van der Waals surface area contributed by atoms with E-state index in [1.807, 2.05) is 37.5 Å². The first-order chi connectivity index (χ1) is 9.56. The third-order valence-corrected chi connectivity index (χ3v) is 3.22. The van der Waals surface area contributed by atoms with Crippen LogP contribution in [0, 0.1) is 0 Å². The van der Waals surface area contributed by atoms with E-state index in [0.29, 0.717) is 6.54 Å². The second-order valence-corrected chi connectivity index (χ2v) is 5.35. The van der Waals surface area contributed by atoms with Gasteiger partial charge in [-0.1, -0.05) is 15.9 Å². The van der Waals surface area contributed by atoms with Crippen LogP contribution in [0.5, 0.6) is 5.75 Å². The second-order valence-electron chi connectivity index (χ2n) is 4.43. The number of methoxy groups -OCH3 is 1. The molecule has 1 heterocycles. The van der Waals surface area contributed by atoms with Crippen LogP contribution >= 0.6 is 15.9 Å². The predicted molar refractivity (Wildman–Crippen MR) is 79.5 cm³/mol. The SMILES string of the molecule is COc1cc(Br)cc(CNC(=O)Cc2ccn(C)n2)c1. The lowest BCUT2D eigenvalue weighted by Crippen LogP contribution is -2.24. The Morgan fingerprint density at radius 2 is 2.25 bits per heavy atom. The number of ether oxygens (including phenoxy) is 1. The van der Waals surface area contributed by atoms with Crippen molar-refractivity contribution in [3.63, 3.8) is 0 Å². The van der Waals surface area contributed by atoms with Gasteiger partial charge in [0.15, 0.2) is 0 Å². The Morgan fingerprint density at radius 3 is 2.90 bits per heavy atom. The lowest BCUT2D eigenvalue weighted by atomic mass is 10.2. The number of hydrogen-bond acceptors (Lipinski definition) is 3. The standard InChI is InChI=1S/C14H16BrN3O2/c1-18-4-3-12(17-18)8-14(19)16-9-10-5-11(15)7-13(6-10)20-2/h3-7H,8-9H2,1-2H3,(H,16,19). The number of aromatic nitrogens is 2. The van der Waals surface area contributed by atoms with Gasteiger partial charge in [-0.15, -0.1) is 0 Å². The number of amides is 1.